The van der Waals surface area contributed by atoms with Crippen molar-refractivity contribution >= 4 is 24.4 Å². The lowest BCUT2D eigenvalue weighted by Gasteiger charge is -2.08. The lowest BCUT2D eigenvalue weighted by Crippen LogP contribution is -2.12. The minimum Gasteiger partial charge on any atom is -0.411 e. The van der Waals surface area contributed by atoms with Gasteiger partial charge in [-0.25, -0.2) is 0 Å². The summed E-state index contributed by atoms with van der Waals surface area (Å²) in [6.45, 7) is 1.19. The zero-order valence-corrected chi connectivity index (χ0v) is 13.1. The highest BCUT2D eigenvalue weighted by molar-refractivity contribution is 6.27. The Labute approximate surface area is 123 Å². The smallest absolute Gasteiger partial charge is 0.177 e. The number of halogens is 1. The van der Waals surface area contributed by atoms with E-state index in [2.05, 4.69) is 24.2 Å². The summed E-state index contributed by atoms with van der Waals surface area (Å²) in [5.41, 5.74) is 0. The topological polar surface area (TPSA) is 52.9 Å². The number of unbranched alkanes of at least 4 members (excludes halogenated alkanes) is 7. The van der Waals surface area contributed by atoms with E-state index in [4.69, 9.17) is 5.21 Å². The third-order valence-electron chi connectivity index (χ3n) is 2.98. The lowest BCUT2D eigenvalue weighted by atomic mass is 10.1. The molecule has 0 spiro atoms. The first-order chi connectivity index (χ1) is 8.66. The van der Waals surface area contributed by atoms with E-state index in [-0.39, 0.29) is 18.2 Å². The summed E-state index contributed by atoms with van der Waals surface area (Å²) in [7, 11) is 4.23. The van der Waals surface area contributed by atoms with Gasteiger partial charge in [0.1, 0.15) is 6.21 Å². The standard InChI is InChI=1S/C14H28N2O2.ClH/c1-16(2)12-10-8-6-4-3-5-7-9-11-14(17)13-15-18;/h13,18H,3-12H2,1-2H3;1H. The molecular weight excluding hydrogens is 264 g/mol. The predicted octanol–water partition coefficient (Wildman–Crippen LogP) is 3.51. The van der Waals surface area contributed by atoms with Gasteiger partial charge < -0.3 is 10.1 Å². The normalized spacial score (nSPS) is 10.9. The van der Waals surface area contributed by atoms with E-state index in [1.165, 1.54) is 45.1 Å². The third kappa shape index (κ3) is 17.4. The lowest BCUT2D eigenvalue weighted by molar-refractivity contribution is -0.112. The fourth-order valence-corrected chi connectivity index (χ4v) is 1.92. The fourth-order valence-electron chi connectivity index (χ4n) is 1.92. The van der Waals surface area contributed by atoms with Crippen LogP contribution in [0.25, 0.3) is 0 Å². The van der Waals surface area contributed by atoms with Gasteiger partial charge in [-0.3, -0.25) is 4.79 Å². The van der Waals surface area contributed by atoms with Gasteiger partial charge in [0.2, 0.25) is 0 Å². The second-order valence-corrected chi connectivity index (χ2v) is 5.09. The number of nitrogens with zero attached hydrogens (tertiary/aromatic N) is 2. The van der Waals surface area contributed by atoms with E-state index in [0.717, 1.165) is 19.1 Å². The molecule has 0 radical (unpaired) electrons. The molecule has 0 unspecified atom stereocenters. The number of ketones is 1. The first kappa shape index (κ1) is 20.7. The fraction of sp³-hybridized carbons (Fsp3) is 0.857. The Hall–Kier alpha value is -0.610. The van der Waals surface area contributed by atoms with Gasteiger partial charge in [0.15, 0.2) is 5.78 Å². The second-order valence-electron chi connectivity index (χ2n) is 5.09. The Morgan fingerprint density at radius 2 is 1.47 bits per heavy atom. The van der Waals surface area contributed by atoms with Crippen LogP contribution in [0.2, 0.25) is 0 Å². The SMILES string of the molecule is CN(C)CCCCCCCCCCC(=O)C=NO.Cl. The van der Waals surface area contributed by atoms with Crippen LogP contribution in [0, 0.1) is 0 Å². The minimum absolute atomic E-state index is 0. The monoisotopic (exact) mass is 292 g/mol. The minimum atomic E-state index is -0.0822. The van der Waals surface area contributed by atoms with Crippen molar-refractivity contribution in [2.24, 2.45) is 5.16 Å². The number of carbonyl (C=O) groups is 1. The van der Waals surface area contributed by atoms with Gasteiger partial charge >= 0.3 is 0 Å². The van der Waals surface area contributed by atoms with Crippen molar-refractivity contribution in [1.82, 2.24) is 4.90 Å². The van der Waals surface area contributed by atoms with Gasteiger partial charge in [0.05, 0.1) is 0 Å². The number of oxime groups is 1. The van der Waals surface area contributed by atoms with Gasteiger partial charge in [-0.05, 0) is 33.5 Å². The van der Waals surface area contributed by atoms with E-state index in [1.807, 2.05) is 0 Å². The molecule has 0 bridgehead atoms. The predicted molar refractivity (Wildman–Crippen MR) is 82.6 cm³/mol. The Kier molecular flexibility index (Phi) is 16.8. The summed E-state index contributed by atoms with van der Waals surface area (Å²) < 4.78 is 0. The van der Waals surface area contributed by atoms with Crippen LogP contribution in [0.4, 0.5) is 0 Å². The molecule has 0 heterocycles. The van der Waals surface area contributed by atoms with E-state index in [9.17, 15) is 4.79 Å². The molecule has 0 atom stereocenters. The quantitative estimate of drug-likeness (QED) is 0.259. The summed E-state index contributed by atoms with van der Waals surface area (Å²) in [5.74, 6) is -0.0822. The molecule has 5 heteroatoms. The van der Waals surface area contributed by atoms with E-state index in [0.29, 0.717) is 6.42 Å². The zero-order chi connectivity index (χ0) is 13.6. The largest absolute Gasteiger partial charge is 0.411 e. The van der Waals surface area contributed by atoms with Crippen molar-refractivity contribution in [1.29, 1.82) is 0 Å². The van der Waals surface area contributed by atoms with E-state index >= 15 is 0 Å². The third-order valence-corrected chi connectivity index (χ3v) is 2.98. The molecule has 0 aliphatic carbocycles. The van der Waals surface area contributed by atoms with Gasteiger partial charge in [0, 0.05) is 6.42 Å². The van der Waals surface area contributed by atoms with Crippen LogP contribution in [0.5, 0.6) is 0 Å². The first-order valence-corrected chi connectivity index (χ1v) is 7.02. The second kappa shape index (κ2) is 15.4. The first-order valence-electron chi connectivity index (χ1n) is 7.02. The molecule has 0 aromatic heterocycles. The van der Waals surface area contributed by atoms with E-state index < -0.39 is 0 Å². The maximum atomic E-state index is 11.0. The molecule has 0 rings (SSSR count). The van der Waals surface area contributed by atoms with Crippen molar-refractivity contribution in [3.63, 3.8) is 0 Å². The number of hydrogen-bond donors (Lipinski definition) is 1. The van der Waals surface area contributed by atoms with Crippen LogP contribution >= 0.6 is 12.4 Å². The van der Waals surface area contributed by atoms with Crippen molar-refractivity contribution in [3.8, 4) is 0 Å². The molecule has 1 N–H and O–H groups in total. The average molecular weight is 293 g/mol. The Morgan fingerprint density at radius 3 is 1.95 bits per heavy atom. The molecule has 0 aromatic rings. The van der Waals surface area contributed by atoms with Gasteiger partial charge in [-0.2, -0.15) is 0 Å². The number of rotatable bonds is 12. The average Bonchev–Trinajstić information content (AvgIpc) is 2.31. The summed E-state index contributed by atoms with van der Waals surface area (Å²) in [5, 5.41) is 10.9. The summed E-state index contributed by atoms with van der Waals surface area (Å²) in [6, 6.07) is 0. The number of hydrogen-bond acceptors (Lipinski definition) is 4. The van der Waals surface area contributed by atoms with Crippen LogP contribution < -0.4 is 0 Å². The highest BCUT2D eigenvalue weighted by Gasteiger charge is 1.98. The Morgan fingerprint density at radius 1 is 1.00 bits per heavy atom. The molecule has 0 aliphatic heterocycles. The van der Waals surface area contributed by atoms with Crippen LogP contribution in [0.3, 0.4) is 0 Å². The molecule has 0 fully saturated rings. The number of carbonyl (C=O) groups excluding carboxylic acids is 1. The summed E-state index contributed by atoms with van der Waals surface area (Å²) in [4.78, 5) is 13.2. The molecule has 4 nitrogen and oxygen atoms in total. The van der Waals surface area contributed by atoms with Gasteiger partial charge in [-0.1, -0.05) is 43.7 Å². The van der Waals surface area contributed by atoms with Crippen molar-refractivity contribution in [2.75, 3.05) is 20.6 Å². The summed E-state index contributed by atoms with van der Waals surface area (Å²) in [6.07, 6.45) is 11.2. The molecular formula is C14H29ClN2O2. The maximum absolute atomic E-state index is 11.0. The molecule has 0 saturated heterocycles. The summed E-state index contributed by atoms with van der Waals surface area (Å²) >= 11 is 0. The molecule has 0 aliphatic rings. The van der Waals surface area contributed by atoms with E-state index in [1.54, 1.807) is 0 Å². The Balaban J connectivity index is 0. The van der Waals surface area contributed by atoms with Crippen LogP contribution in [-0.4, -0.2) is 42.7 Å². The van der Waals surface area contributed by atoms with Crippen molar-refractivity contribution < 1.29 is 10.0 Å². The Bertz CT molecular complexity index is 233. The van der Waals surface area contributed by atoms with Crippen LogP contribution in [-0.2, 0) is 4.79 Å². The highest BCUT2D eigenvalue weighted by Crippen LogP contribution is 2.09. The van der Waals surface area contributed by atoms with Crippen molar-refractivity contribution in [3.05, 3.63) is 0 Å². The molecule has 0 amide bonds. The maximum Gasteiger partial charge on any atom is 0.177 e. The number of Topliss-reactive ketones (excluding diaryl/α,β-unsaturated/α-hetero) is 1. The molecule has 114 valence electrons. The van der Waals surface area contributed by atoms with Crippen molar-refractivity contribution in [2.45, 2.75) is 57.8 Å². The van der Waals surface area contributed by atoms with Gasteiger partial charge in [-0.15, -0.1) is 12.4 Å². The molecule has 19 heavy (non-hydrogen) atoms. The van der Waals surface area contributed by atoms with Gasteiger partial charge in [0.25, 0.3) is 0 Å². The molecule has 0 saturated carbocycles. The van der Waals surface area contributed by atoms with Crippen LogP contribution in [0.1, 0.15) is 57.8 Å². The molecule has 0 aromatic carbocycles. The highest BCUT2D eigenvalue weighted by atomic mass is 35.5. The van der Waals surface area contributed by atoms with Crippen LogP contribution in [0.15, 0.2) is 5.16 Å². The zero-order valence-electron chi connectivity index (χ0n) is 12.3.